The lowest BCUT2D eigenvalue weighted by Crippen LogP contribution is -2.01. The first-order chi connectivity index (χ1) is 14.7. The Morgan fingerprint density at radius 3 is 2.16 bits per heavy atom. The number of benzene rings is 2. The van der Waals surface area contributed by atoms with E-state index in [1.165, 1.54) is 31.2 Å². The fourth-order valence-electron chi connectivity index (χ4n) is 3.36. The van der Waals surface area contributed by atoms with Gasteiger partial charge in [-0.1, -0.05) is 24.8 Å². The summed E-state index contributed by atoms with van der Waals surface area (Å²) >= 11 is 0. The standard InChI is InChI=1S/C24H23FN2O3S/c1-5-17(15-16(3)28)24-26-22(18-9-13-21(14-10-18)31(4,29)30)23(27(24)6-2)19-7-11-20(25)12-8-19/h5-14H,2,15H2,1,3-4H3/b17-5-. The quantitative estimate of drug-likeness (QED) is 0.506. The molecule has 0 aliphatic heterocycles. The second kappa shape index (κ2) is 8.81. The van der Waals surface area contributed by atoms with Crippen LogP contribution in [-0.4, -0.2) is 30.0 Å². The lowest BCUT2D eigenvalue weighted by molar-refractivity contribution is -0.116. The lowest BCUT2D eigenvalue weighted by atomic mass is 10.0. The van der Waals surface area contributed by atoms with Gasteiger partial charge in [-0.15, -0.1) is 0 Å². The van der Waals surface area contributed by atoms with Crippen molar-refractivity contribution in [2.45, 2.75) is 25.2 Å². The van der Waals surface area contributed by atoms with Gasteiger partial charge < -0.3 is 0 Å². The Balaban J connectivity index is 2.29. The minimum atomic E-state index is -3.34. The summed E-state index contributed by atoms with van der Waals surface area (Å²) in [4.78, 5) is 16.8. The molecule has 0 saturated carbocycles. The predicted octanol–water partition coefficient (Wildman–Crippen LogP) is 5.24. The van der Waals surface area contributed by atoms with Crippen LogP contribution in [0.25, 0.3) is 34.3 Å². The molecule has 0 bridgehead atoms. The second-order valence-corrected chi connectivity index (χ2v) is 9.20. The van der Waals surface area contributed by atoms with E-state index in [9.17, 15) is 17.6 Å². The van der Waals surface area contributed by atoms with E-state index in [4.69, 9.17) is 4.98 Å². The molecule has 0 atom stereocenters. The van der Waals surface area contributed by atoms with Crippen molar-refractivity contribution in [3.8, 4) is 22.5 Å². The van der Waals surface area contributed by atoms with Gasteiger partial charge in [-0.3, -0.25) is 9.36 Å². The third kappa shape index (κ3) is 4.72. The molecule has 0 aliphatic rings. The zero-order valence-corrected chi connectivity index (χ0v) is 18.4. The summed E-state index contributed by atoms with van der Waals surface area (Å²) in [7, 11) is -3.34. The van der Waals surface area contributed by atoms with E-state index < -0.39 is 9.84 Å². The fraction of sp³-hybridized carbons (Fsp3) is 0.167. The maximum absolute atomic E-state index is 13.5. The normalized spacial score (nSPS) is 12.1. The van der Waals surface area contributed by atoms with Crippen molar-refractivity contribution in [1.29, 1.82) is 0 Å². The summed E-state index contributed by atoms with van der Waals surface area (Å²) in [5.74, 6) is 0.182. The van der Waals surface area contributed by atoms with Crippen molar-refractivity contribution < 1.29 is 17.6 Å². The molecule has 5 nitrogen and oxygen atoms in total. The van der Waals surface area contributed by atoms with Crippen molar-refractivity contribution >= 4 is 27.4 Å². The van der Waals surface area contributed by atoms with Crippen LogP contribution < -0.4 is 0 Å². The molecule has 1 heterocycles. The first-order valence-electron chi connectivity index (χ1n) is 9.62. The third-order valence-electron chi connectivity index (χ3n) is 4.84. The van der Waals surface area contributed by atoms with E-state index in [-0.39, 0.29) is 22.9 Å². The molecular weight excluding hydrogens is 415 g/mol. The molecule has 1 aromatic heterocycles. The molecule has 7 heteroatoms. The average Bonchev–Trinajstić information content (AvgIpc) is 3.11. The SMILES string of the molecule is C=Cn1c(/C(=C\C)CC(C)=O)nc(-c2ccc(S(C)(=O)=O)cc2)c1-c1ccc(F)cc1. The maximum Gasteiger partial charge on any atom is 0.175 e. The third-order valence-corrected chi connectivity index (χ3v) is 5.97. The smallest absolute Gasteiger partial charge is 0.175 e. The molecule has 0 radical (unpaired) electrons. The zero-order chi connectivity index (χ0) is 22.8. The molecular formula is C24H23FN2O3S. The Kier molecular flexibility index (Phi) is 6.36. The van der Waals surface area contributed by atoms with Crippen molar-refractivity contribution in [3.05, 3.63) is 72.8 Å². The summed E-state index contributed by atoms with van der Waals surface area (Å²) in [5, 5.41) is 0. The van der Waals surface area contributed by atoms with Gasteiger partial charge in [-0.05, 0) is 55.8 Å². The van der Waals surface area contributed by atoms with Crippen molar-refractivity contribution in [3.63, 3.8) is 0 Å². The van der Waals surface area contributed by atoms with Crippen LogP contribution in [0.3, 0.4) is 0 Å². The highest BCUT2D eigenvalue weighted by Gasteiger charge is 2.22. The number of imidazole rings is 1. The number of carbonyl (C=O) groups excluding carboxylic acids is 1. The minimum Gasteiger partial charge on any atom is -0.300 e. The van der Waals surface area contributed by atoms with Crippen LogP contribution in [0.2, 0.25) is 0 Å². The summed E-state index contributed by atoms with van der Waals surface area (Å²) in [6.07, 6.45) is 4.78. The molecule has 0 saturated heterocycles. The number of aromatic nitrogens is 2. The minimum absolute atomic E-state index is 0.00546. The van der Waals surface area contributed by atoms with Gasteiger partial charge in [0.25, 0.3) is 0 Å². The molecule has 3 rings (SSSR count). The largest absolute Gasteiger partial charge is 0.300 e. The number of allylic oxidation sites excluding steroid dienone is 2. The number of hydrogen-bond donors (Lipinski definition) is 0. The molecule has 3 aromatic rings. The highest BCUT2D eigenvalue weighted by molar-refractivity contribution is 7.90. The van der Waals surface area contributed by atoms with Crippen LogP contribution in [0.15, 0.2) is 66.1 Å². The van der Waals surface area contributed by atoms with Gasteiger partial charge in [-0.25, -0.2) is 17.8 Å². The number of rotatable bonds is 7. The molecule has 0 amide bonds. The molecule has 0 fully saturated rings. The summed E-state index contributed by atoms with van der Waals surface area (Å²) in [6, 6.07) is 12.4. The monoisotopic (exact) mass is 438 g/mol. The molecule has 2 aromatic carbocycles. The first-order valence-corrected chi connectivity index (χ1v) is 11.5. The Morgan fingerprint density at radius 2 is 1.68 bits per heavy atom. The predicted molar refractivity (Wildman–Crippen MR) is 122 cm³/mol. The van der Waals surface area contributed by atoms with Gasteiger partial charge >= 0.3 is 0 Å². The number of carbonyl (C=O) groups is 1. The average molecular weight is 439 g/mol. The second-order valence-electron chi connectivity index (χ2n) is 7.18. The van der Waals surface area contributed by atoms with Gasteiger partial charge in [0.15, 0.2) is 9.84 Å². The molecule has 160 valence electrons. The van der Waals surface area contributed by atoms with E-state index in [0.29, 0.717) is 28.3 Å². The van der Waals surface area contributed by atoms with Crippen LogP contribution in [0.5, 0.6) is 0 Å². The van der Waals surface area contributed by atoms with E-state index in [1.54, 1.807) is 35.0 Å². The Bertz CT molecular complexity index is 1270. The van der Waals surface area contributed by atoms with Crippen LogP contribution in [0.1, 0.15) is 26.1 Å². The van der Waals surface area contributed by atoms with E-state index in [2.05, 4.69) is 6.58 Å². The van der Waals surface area contributed by atoms with E-state index in [0.717, 1.165) is 11.8 Å². The maximum atomic E-state index is 13.5. The summed E-state index contributed by atoms with van der Waals surface area (Å²) in [5.41, 5.74) is 3.37. The van der Waals surface area contributed by atoms with Gasteiger partial charge in [0.05, 0.1) is 16.3 Å². The van der Waals surface area contributed by atoms with Crippen LogP contribution in [-0.2, 0) is 14.6 Å². The van der Waals surface area contributed by atoms with Gasteiger partial charge in [0.1, 0.15) is 17.4 Å². The Hall–Kier alpha value is -3.32. The Morgan fingerprint density at radius 1 is 1.10 bits per heavy atom. The van der Waals surface area contributed by atoms with Crippen molar-refractivity contribution in [2.75, 3.05) is 6.26 Å². The number of halogens is 1. The topological polar surface area (TPSA) is 69.0 Å². The highest BCUT2D eigenvalue weighted by atomic mass is 32.2. The molecule has 0 unspecified atom stereocenters. The molecule has 0 aliphatic carbocycles. The fourth-order valence-corrected chi connectivity index (χ4v) is 3.99. The van der Waals surface area contributed by atoms with Crippen molar-refractivity contribution in [1.82, 2.24) is 9.55 Å². The number of nitrogens with zero attached hydrogens (tertiary/aromatic N) is 2. The number of sulfone groups is 1. The van der Waals surface area contributed by atoms with Gasteiger partial charge in [0.2, 0.25) is 0 Å². The molecule has 0 N–H and O–H groups in total. The van der Waals surface area contributed by atoms with E-state index in [1.807, 2.05) is 13.0 Å². The van der Waals surface area contributed by atoms with Crippen LogP contribution >= 0.6 is 0 Å². The highest BCUT2D eigenvalue weighted by Crippen LogP contribution is 2.36. The lowest BCUT2D eigenvalue weighted by Gasteiger charge is -2.10. The van der Waals surface area contributed by atoms with Crippen molar-refractivity contribution in [2.24, 2.45) is 0 Å². The number of ketones is 1. The number of Topliss-reactive ketones (excluding diaryl/α,β-unsaturated/α-hetero) is 1. The van der Waals surface area contributed by atoms with E-state index >= 15 is 0 Å². The van der Waals surface area contributed by atoms with Crippen LogP contribution in [0.4, 0.5) is 4.39 Å². The first kappa shape index (κ1) is 22.4. The van der Waals surface area contributed by atoms with Gasteiger partial charge in [0, 0.05) is 30.0 Å². The summed E-state index contributed by atoms with van der Waals surface area (Å²) in [6.45, 7) is 7.24. The molecule has 0 spiro atoms. The summed E-state index contributed by atoms with van der Waals surface area (Å²) < 4.78 is 39.0. The van der Waals surface area contributed by atoms with Gasteiger partial charge in [-0.2, -0.15) is 0 Å². The zero-order valence-electron chi connectivity index (χ0n) is 17.6. The molecule has 31 heavy (non-hydrogen) atoms. The van der Waals surface area contributed by atoms with Crippen LogP contribution in [0, 0.1) is 5.82 Å². The Labute approximate surface area is 181 Å². The number of hydrogen-bond acceptors (Lipinski definition) is 4.